The van der Waals surface area contributed by atoms with Crippen molar-refractivity contribution in [1.29, 1.82) is 0 Å². The lowest BCUT2D eigenvalue weighted by Crippen LogP contribution is -2.52. The number of benzene rings is 1. The van der Waals surface area contributed by atoms with Crippen LogP contribution in [0.5, 0.6) is 11.5 Å². The molecule has 2 aliphatic heterocycles. The van der Waals surface area contributed by atoms with Crippen molar-refractivity contribution >= 4 is 51.5 Å². The van der Waals surface area contributed by atoms with Gasteiger partial charge in [-0.25, -0.2) is 15.0 Å². The summed E-state index contributed by atoms with van der Waals surface area (Å²) < 4.78 is 22.1. The Bertz CT molecular complexity index is 1400. The van der Waals surface area contributed by atoms with Crippen LogP contribution in [-0.2, 0) is 14.3 Å². The molecule has 0 aliphatic carbocycles. The van der Waals surface area contributed by atoms with Gasteiger partial charge in [-0.1, -0.05) is 29.8 Å². The third kappa shape index (κ3) is 5.54. The quantitative estimate of drug-likeness (QED) is 0.332. The van der Waals surface area contributed by atoms with Crippen LogP contribution < -0.4 is 19.7 Å². The lowest BCUT2D eigenvalue weighted by molar-refractivity contribution is -0.116. The summed E-state index contributed by atoms with van der Waals surface area (Å²) in [7, 11) is 4.73. The largest absolute Gasteiger partial charge is 0.495 e. The van der Waals surface area contributed by atoms with E-state index in [2.05, 4.69) is 21.8 Å². The van der Waals surface area contributed by atoms with Gasteiger partial charge in [0.15, 0.2) is 11.6 Å². The van der Waals surface area contributed by atoms with Crippen LogP contribution in [0.1, 0.15) is 12.8 Å². The van der Waals surface area contributed by atoms with Crippen molar-refractivity contribution < 1.29 is 23.7 Å². The zero-order valence-electron chi connectivity index (χ0n) is 22.6. The molecule has 5 rings (SSSR count). The normalized spacial score (nSPS) is 19.3. The topological polar surface area (TPSA) is 108 Å². The summed E-state index contributed by atoms with van der Waals surface area (Å²) in [4.78, 5) is 28.5. The van der Waals surface area contributed by atoms with E-state index < -0.39 is 0 Å². The molecule has 212 valence electrons. The van der Waals surface area contributed by atoms with E-state index in [0.29, 0.717) is 72.8 Å². The van der Waals surface area contributed by atoms with Crippen molar-refractivity contribution in [3.8, 4) is 22.9 Å². The Morgan fingerprint density at radius 1 is 1.18 bits per heavy atom. The van der Waals surface area contributed by atoms with Gasteiger partial charge in [-0.2, -0.15) is 0 Å². The first-order chi connectivity index (χ1) is 19.4. The van der Waals surface area contributed by atoms with Crippen molar-refractivity contribution in [3.63, 3.8) is 0 Å². The smallest absolute Gasteiger partial charge is 0.165 e. The molecule has 0 bridgehead atoms. The van der Waals surface area contributed by atoms with Gasteiger partial charge < -0.3 is 29.2 Å². The number of aromatic nitrogens is 3. The summed E-state index contributed by atoms with van der Waals surface area (Å²) in [6, 6.07) is 3.47. The average molecular weight is 588 g/mol. The predicted octanol–water partition coefficient (Wildman–Crippen LogP) is 4.81. The molecule has 0 amide bonds. The highest BCUT2D eigenvalue weighted by Gasteiger charge is 2.32. The zero-order chi connectivity index (χ0) is 28.4. The van der Waals surface area contributed by atoms with Crippen molar-refractivity contribution in [2.24, 2.45) is 5.92 Å². The van der Waals surface area contributed by atoms with Gasteiger partial charge in [0.05, 0.1) is 60.3 Å². The number of ketones is 1. The van der Waals surface area contributed by atoms with Crippen molar-refractivity contribution in [1.82, 2.24) is 15.0 Å². The molecule has 1 aromatic carbocycles. The second kappa shape index (κ2) is 12.1. The summed E-state index contributed by atoms with van der Waals surface area (Å²) in [5.41, 5.74) is 1.02. The number of methoxy groups -OCH3 is 3. The molecular formula is C28H31Cl2N5O5. The first kappa shape index (κ1) is 28.4. The number of rotatable bonds is 10. The highest BCUT2D eigenvalue weighted by molar-refractivity contribution is 6.41. The molecule has 2 atom stereocenters. The second-order valence-corrected chi connectivity index (χ2v) is 10.5. The number of allylic oxidation sites excluding steroid dienone is 1. The second-order valence-electron chi connectivity index (χ2n) is 9.75. The van der Waals surface area contributed by atoms with E-state index in [9.17, 15) is 4.79 Å². The number of fused-ring (bicyclic) bond motifs is 1. The van der Waals surface area contributed by atoms with Crippen LogP contribution in [0.15, 0.2) is 31.0 Å². The fourth-order valence-electron chi connectivity index (χ4n) is 5.01. The molecule has 0 radical (unpaired) electrons. The molecule has 1 N–H and O–H groups in total. The third-order valence-corrected chi connectivity index (χ3v) is 8.11. The van der Waals surface area contributed by atoms with Crippen LogP contribution in [0, 0.1) is 5.92 Å². The summed E-state index contributed by atoms with van der Waals surface area (Å²) in [5.74, 6) is 2.57. The summed E-state index contributed by atoms with van der Waals surface area (Å²) in [6.45, 7) is 6.04. The highest BCUT2D eigenvalue weighted by atomic mass is 35.5. The zero-order valence-corrected chi connectivity index (χ0v) is 24.1. The van der Waals surface area contributed by atoms with Gasteiger partial charge in [-0.15, -0.1) is 0 Å². The van der Waals surface area contributed by atoms with Gasteiger partial charge in [-0.3, -0.25) is 4.79 Å². The maximum Gasteiger partial charge on any atom is 0.165 e. The minimum atomic E-state index is -0.0741. The number of carbonyl (C=O) groups excluding carboxylic acids is 1. The highest BCUT2D eigenvalue weighted by Crippen LogP contribution is 2.46. The first-order valence-corrected chi connectivity index (χ1v) is 13.7. The van der Waals surface area contributed by atoms with Crippen LogP contribution >= 0.6 is 23.2 Å². The standard InChI is InChI=1S/C28H31Cl2N5O5/c1-5-16(36)8-15-6-7-40-14-20(15)32-23-9-18-19(11-31-23)33-27(34-28(18)35-12-17(13-35)37-2)24-25(29)21(38-3)10-22(39-4)26(24)30/h5,9-11,15,17,20H,1,6-8,12-14H2,2-4H3,(H,31,32)/t15-,20-/m1/s1. The van der Waals surface area contributed by atoms with Gasteiger partial charge in [-0.05, 0) is 24.5 Å². The number of nitrogens with zero attached hydrogens (tertiary/aromatic N) is 4. The van der Waals surface area contributed by atoms with Gasteiger partial charge >= 0.3 is 0 Å². The number of hydrogen-bond donors (Lipinski definition) is 1. The molecule has 40 heavy (non-hydrogen) atoms. The minimum absolute atomic E-state index is 0.0189. The summed E-state index contributed by atoms with van der Waals surface area (Å²) >= 11 is 13.4. The van der Waals surface area contributed by atoms with E-state index in [0.717, 1.165) is 11.8 Å². The molecule has 12 heteroatoms. The Hall–Kier alpha value is -3.18. The Balaban J connectivity index is 1.57. The van der Waals surface area contributed by atoms with E-state index in [-0.39, 0.29) is 33.9 Å². The number of nitrogens with one attached hydrogen (secondary N) is 1. The van der Waals surface area contributed by atoms with Crippen LogP contribution in [0.25, 0.3) is 22.3 Å². The molecule has 3 aromatic rings. The Morgan fingerprint density at radius 3 is 2.55 bits per heavy atom. The van der Waals surface area contributed by atoms with Crippen molar-refractivity contribution in [2.45, 2.75) is 25.0 Å². The fraction of sp³-hybridized carbons (Fsp3) is 0.429. The van der Waals surface area contributed by atoms with Gasteiger partial charge in [0.1, 0.15) is 23.1 Å². The van der Waals surface area contributed by atoms with Crippen LogP contribution in [0.4, 0.5) is 11.6 Å². The number of anilines is 2. The van der Waals surface area contributed by atoms with E-state index >= 15 is 0 Å². The predicted molar refractivity (Wildman–Crippen MR) is 155 cm³/mol. The van der Waals surface area contributed by atoms with Gasteiger partial charge in [0, 0.05) is 44.7 Å². The van der Waals surface area contributed by atoms with Crippen LogP contribution in [0.2, 0.25) is 10.0 Å². The fourth-order valence-corrected chi connectivity index (χ4v) is 5.68. The lowest BCUT2D eigenvalue weighted by atomic mass is 9.89. The number of hydrogen-bond acceptors (Lipinski definition) is 10. The SMILES string of the molecule is C=CC(=O)C[C@H]1CCOC[C@H]1Nc1cc2c(N3CC(OC)C3)nc(-c3c(Cl)c(OC)cc(OC)c3Cl)nc2cn1. The third-order valence-electron chi connectivity index (χ3n) is 7.36. The molecule has 2 fully saturated rings. The van der Waals surface area contributed by atoms with Crippen LogP contribution in [0.3, 0.4) is 0 Å². The van der Waals surface area contributed by atoms with E-state index in [1.165, 1.54) is 20.3 Å². The average Bonchev–Trinajstić information content (AvgIpc) is 2.94. The van der Waals surface area contributed by atoms with Gasteiger partial charge in [0.25, 0.3) is 0 Å². The first-order valence-electron chi connectivity index (χ1n) is 12.9. The maximum atomic E-state index is 12.1. The molecule has 2 aliphatic rings. The minimum Gasteiger partial charge on any atom is -0.495 e. The van der Waals surface area contributed by atoms with E-state index in [1.807, 2.05) is 6.07 Å². The Morgan fingerprint density at radius 2 is 1.90 bits per heavy atom. The number of pyridine rings is 1. The number of halogens is 2. The number of ether oxygens (including phenoxy) is 4. The molecule has 10 nitrogen and oxygen atoms in total. The lowest BCUT2D eigenvalue weighted by Gasteiger charge is -2.39. The Labute approximate surface area is 242 Å². The summed E-state index contributed by atoms with van der Waals surface area (Å²) in [6.07, 6.45) is 4.35. The summed E-state index contributed by atoms with van der Waals surface area (Å²) in [5, 5.41) is 4.83. The van der Waals surface area contributed by atoms with Gasteiger partial charge in [0.2, 0.25) is 0 Å². The molecule has 0 unspecified atom stereocenters. The van der Waals surface area contributed by atoms with E-state index in [4.69, 9.17) is 52.1 Å². The van der Waals surface area contributed by atoms with Crippen LogP contribution in [-0.4, -0.2) is 80.5 Å². The Kier molecular flexibility index (Phi) is 8.60. The molecule has 2 aromatic heterocycles. The molecule has 0 saturated carbocycles. The molecule has 0 spiro atoms. The maximum absolute atomic E-state index is 12.1. The van der Waals surface area contributed by atoms with E-state index in [1.54, 1.807) is 19.4 Å². The monoisotopic (exact) mass is 587 g/mol. The van der Waals surface area contributed by atoms with Crippen molar-refractivity contribution in [3.05, 3.63) is 41.0 Å². The molecular weight excluding hydrogens is 557 g/mol. The van der Waals surface area contributed by atoms with Crippen molar-refractivity contribution in [2.75, 3.05) is 57.8 Å². The molecule has 2 saturated heterocycles. The molecule has 4 heterocycles. The number of carbonyl (C=O) groups is 1.